The molecule has 1 amide bonds. The number of hydrogen-bond acceptors (Lipinski definition) is 4. The van der Waals surface area contributed by atoms with Gasteiger partial charge in [-0.25, -0.2) is 4.39 Å². The van der Waals surface area contributed by atoms with E-state index in [0.717, 1.165) is 11.3 Å². The first-order valence-corrected chi connectivity index (χ1v) is 9.34. The number of fused-ring (bicyclic) bond motifs is 1. The van der Waals surface area contributed by atoms with Gasteiger partial charge in [0.1, 0.15) is 17.3 Å². The molecule has 28 heavy (non-hydrogen) atoms. The van der Waals surface area contributed by atoms with E-state index < -0.39 is 5.82 Å². The highest BCUT2D eigenvalue weighted by Crippen LogP contribution is 2.39. The fraction of sp³-hybridized carbons (Fsp3) is 0.364. The second-order valence-electron chi connectivity index (χ2n) is 6.98. The van der Waals surface area contributed by atoms with E-state index in [0.29, 0.717) is 18.7 Å². The minimum atomic E-state index is -0.403. The molecule has 1 aliphatic rings. The van der Waals surface area contributed by atoms with Crippen LogP contribution in [0.25, 0.3) is 0 Å². The molecule has 0 N–H and O–H groups in total. The van der Waals surface area contributed by atoms with Gasteiger partial charge in [0.15, 0.2) is 12.4 Å². The van der Waals surface area contributed by atoms with Crippen LogP contribution in [0.2, 0.25) is 0 Å². The number of likely N-dealkylation sites (N-methyl/N-ethyl adjacent to an activating group) is 1. The van der Waals surface area contributed by atoms with Gasteiger partial charge in [0.2, 0.25) is 0 Å². The predicted molar refractivity (Wildman–Crippen MR) is 103 cm³/mol. The lowest BCUT2D eigenvalue weighted by Crippen LogP contribution is -2.31. The normalized spacial score (nSPS) is 15.3. The summed E-state index contributed by atoms with van der Waals surface area (Å²) in [5, 5.41) is 0. The molecule has 1 atom stereocenters. The van der Waals surface area contributed by atoms with E-state index in [1.807, 2.05) is 38.1 Å². The Morgan fingerprint density at radius 2 is 1.89 bits per heavy atom. The average Bonchev–Trinajstić information content (AvgIpc) is 2.98. The van der Waals surface area contributed by atoms with Crippen LogP contribution in [-0.2, 0) is 11.3 Å². The van der Waals surface area contributed by atoms with Crippen LogP contribution in [0.4, 0.5) is 4.39 Å². The summed E-state index contributed by atoms with van der Waals surface area (Å²) in [6.45, 7) is 4.54. The van der Waals surface area contributed by atoms with Crippen LogP contribution in [0.3, 0.4) is 0 Å². The number of carbonyl (C=O) groups is 2. The van der Waals surface area contributed by atoms with Crippen molar-refractivity contribution in [2.45, 2.75) is 32.7 Å². The number of rotatable bonds is 7. The summed E-state index contributed by atoms with van der Waals surface area (Å²) in [4.78, 5) is 26.2. The Balaban J connectivity index is 1.62. The molecule has 0 unspecified atom stereocenters. The summed E-state index contributed by atoms with van der Waals surface area (Å²) in [6, 6.07) is 10.2. The number of ketones is 1. The molecule has 5 nitrogen and oxygen atoms in total. The molecule has 2 aromatic carbocycles. The van der Waals surface area contributed by atoms with Gasteiger partial charge < -0.3 is 14.4 Å². The van der Waals surface area contributed by atoms with Crippen molar-refractivity contribution in [1.82, 2.24) is 4.90 Å². The molecule has 0 bridgehead atoms. The third-order valence-electron chi connectivity index (χ3n) is 4.85. The SMILES string of the molecule is CCOc1ccc(CN(C)C(=O)COc2ccc(F)c3c2C(=O)C[C@@H]3C)cc1. The van der Waals surface area contributed by atoms with Gasteiger partial charge in [0.05, 0.1) is 12.2 Å². The minimum absolute atomic E-state index is 0.146. The Morgan fingerprint density at radius 3 is 2.57 bits per heavy atom. The first-order chi connectivity index (χ1) is 13.4. The fourth-order valence-corrected chi connectivity index (χ4v) is 3.42. The summed E-state index contributed by atoms with van der Waals surface area (Å²) < 4.78 is 25.1. The number of ether oxygens (including phenoxy) is 2. The van der Waals surface area contributed by atoms with E-state index in [2.05, 4.69) is 0 Å². The number of amides is 1. The summed E-state index contributed by atoms with van der Waals surface area (Å²) >= 11 is 0. The Bertz CT molecular complexity index is 879. The maximum Gasteiger partial charge on any atom is 0.260 e. The average molecular weight is 385 g/mol. The molecule has 148 valence electrons. The first-order valence-electron chi connectivity index (χ1n) is 9.34. The number of Topliss-reactive ketones (excluding diaryl/α,β-unsaturated/α-hetero) is 1. The molecule has 0 fully saturated rings. The maximum atomic E-state index is 14.0. The lowest BCUT2D eigenvalue weighted by molar-refractivity contribution is -0.132. The van der Waals surface area contributed by atoms with E-state index in [1.165, 1.54) is 12.1 Å². The van der Waals surface area contributed by atoms with E-state index in [-0.39, 0.29) is 41.9 Å². The molecule has 0 aliphatic heterocycles. The molecule has 0 aromatic heterocycles. The molecular formula is C22H24FNO4. The molecular weight excluding hydrogens is 361 g/mol. The molecule has 6 heteroatoms. The zero-order chi connectivity index (χ0) is 20.3. The topological polar surface area (TPSA) is 55.8 Å². The van der Waals surface area contributed by atoms with Crippen LogP contribution in [0.5, 0.6) is 11.5 Å². The largest absolute Gasteiger partial charge is 0.494 e. The van der Waals surface area contributed by atoms with Crippen LogP contribution in [0, 0.1) is 5.82 Å². The van der Waals surface area contributed by atoms with Crippen LogP contribution >= 0.6 is 0 Å². The highest BCUT2D eigenvalue weighted by molar-refractivity contribution is 6.03. The fourth-order valence-electron chi connectivity index (χ4n) is 3.42. The van der Waals surface area contributed by atoms with Crippen molar-refractivity contribution in [1.29, 1.82) is 0 Å². The monoisotopic (exact) mass is 385 g/mol. The molecule has 0 saturated heterocycles. The summed E-state index contributed by atoms with van der Waals surface area (Å²) in [5.74, 6) is 0.0996. The van der Waals surface area contributed by atoms with Gasteiger partial charge in [0.25, 0.3) is 5.91 Å². The molecule has 0 saturated carbocycles. The van der Waals surface area contributed by atoms with Crippen molar-refractivity contribution in [3.05, 3.63) is 58.9 Å². The number of nitrogens with zero attached hydrogens (tertiary/aromatic N) is 1. The third-order valence-corrected chi connectivity index (χ3v) is 4.85. The van der Waals surface area contributed by atoms with Crippen molar-refractivity contribution in [2.24, 2.45) is 0 Å². The van der Waals surface area contributed by atoms with Gasteiger partial charge in [-0.3, -0.25) is 9.59 Å². The van der Waals surface area contributed by atoms with E-state index in [4.69, 9.17) is 9.47 Å². The molecule has 0 spiro atoms. The standard InChI is InChI=1S/C22H24FNO4/c1-4-27-16-7-5-15(6-8-16)12-24(3)20(26)13-28-19-10-9-17(23)21-14(2)11-18(25)22(19)21/h5-10,14H,4,11-13H2,1-3H3/t14-/m0/s1. The molecule has 2 aromatic rings. The molecule has 3 rings (SSSR count). The lowest BCUT2D eigenvalue weighted by atomic mass is 10.0. The highest BCUT2D eigenvalue weighted by atomic mass is 19.1. The summed E-state index contributed by atoms with van der Waals surface area (Å²) in [5.41, 5.74) is 1.62. The molecule has 1 aliphatic carbocycles. The first kappa shape index (κ1) is 19.9. The van der Waals surface area contributed by atoms with Crippen molar-refractivity contribution in [3.63, 3.8) is 0 Å². The Morgan fingerprint density at radius 1 is 1.18 bits per heavy atom. The molecule has 0 radical (unpaired) electrons. The number of carbonyl (C=O) groups excluding carboxylic acids is 2. The quantitative estimate of drug-likeness (QED) is 0.724. The minimum Gasteiger partial charge on any atom is -0.494 e. The zero-order valence-corrected chi connectivity index (χ0v) is 16.3. The van der Waals surface area contributed by atoms with Crippen molar-refractivity contribution in [3.8, 4) is 11.5 Å². The van der Waals surface area contributed by atoms with E-state index in [9.17, 15) is 14.0 Å². The predicted octanol–water partition coefficient (Wildman–Crippen LogP) is 3.95. The number of hydrogen-bond donors (Lipinski definition) is 0. The van der Waals surface area contributed by atoms with Crippen LogP contribution in [0.15, 0.2) is 36.4 Å². The summed E-state index contributed by atoms with van der Waals surface area (Å²) in [7, 11) is 1.68. The van der Waals surface area contributed by atoms with Crippen molar-refractivity contribution < 1.29 is 23.5 Å². The van der Waals surface area contributed by atoms with Gasteiger partial charge in [-0.1, -0.05) is 19.1 Å². The molecule has 0 heterocycles. The Hall–Kier alpha value is -2.89. The second kappa shape index (κ2) is 8.42. The maximum absolute atomic E-state index is 14.0. The Labute approximate surface area is 164 Å². The van der Waals surface area contributed by atoms with Gasteiger partial charge >= 0.3 is 0 Å². The van der Waals surface area contributed by atoms with Gasteiger partial charge in [-0.05, 0) is 42.7 Å². The zero-order valence-electron chi connectivity index (χ0n) is 16.3. The van der Waals surface area contributed by atoms with E-state index in [1.54, 1.807) is 11.9 Å². The smallest absolute Gasteiger partial charge is 0.260 e. The number of benzene rings is 2. The van der Waals surface area contributed by atoms with Crippen molar-refractivity contribution in [2.75, 3.05) is 20.3 Å². The van der Waals surface area contributed by atoms with Gasteiger partial charge in [0, 0.05) is 25.6 Å². The Kier molecular flexibility index (Phi) is 5.97. The lowest BCUT2D eigenvalue weighted by Gasteiger charge is -2.18. The van der Waals surface area contributed by atoms with Gasteiger partial charge in [-0.15, -0.1) is 0 Å². The summed E-state index contributed by atoms with van der Waals surface area (Å²) in [6.07, 6.45) is 0.262. The second-order valence-corrected chi connectivity index (χ2v) is 6.98. The third kappa shape index (κ3) is 4.16. The van der Waals surface area contributed by atoms with Crippen LogP contribution in [0.1, 0.15) is 47.7 Å². The number of halogens is 1. The highest BCUT2D eigenvalue weighted by Gasteiger charge is 2.32. The van der Waals surface area contributed by atoms with Crippen molar-refractivity contribution >= 4 is 11.7 Å². The van der Waals surface area contributed by atoms with Crippen LogP contribution in [-0.4, -0.2) is 36.9 Å². The van der Waals surface area contributed by atoms with E-state index >= 15 is 0 Å². The van der Waals surface area contributed by atoms with Crippen LogP contribution < -0.4 is 9.47 Å². The van der Waals surface area contributed by atoms with Gasteiger partial charge in [-0.2, -0.15) is 0 Å².